The van der Waals surface area contributed by atoms with E-state index in [2.05, 4.69) is 253 Å². The third-order valence-corrected chi connectivity index (χ3v) is 14.9. The molecule has 2 aliphatic rings. The van der Waals surface area contributed by atoms with Gasteiger partial charge < -0.3 is 13.9 Å². The number of aromatic nitrogens is 2. The minimum absolute atomic E-state index is 0.0345. The van der Waals surface area contributed by atoms with Gasteiger partial charge in [-0.15, -0.1) is 0 Å². The van der Waals surface area contributed by atoms with Gasteiger partial charge in [-0.25, -0.2) is 0 Å². The first-order valence-corrected chi connectivity index (χ1v) is 24.1. The average molecular weight is 868 g/mol. The van der Waals surface area contributed by atoms with E-state index < -0.39 is 0 Å². The van der Waals surface area contributed by atoms with Gasteiger partial charge in [-0.3, -0.25) is 0 Å². The third-order valence-electron chi connectivity index (χ3n) is 14.9. The molecule has 3 nitrogen and oxygen atoms in total. The minimum atomic E-state index is -0.134. The van der Waals surface area contributed by atoms with Crippen LogP contribution in [0.3, 0.4) is 0 Å². The monoisotopic (exact) mass is 867 g/mol. The van der Waals surface area contributed by atoms with Crippen LogP contribution in [0.15, 0.2) is 170 Å². The van der Waals surface area contributed by atoms with Crippen LogP contribution in [0.2, 0.25) is 0 Å². The Bertz CT molecular complexity index is 3620. The quantitative estimate of drug-likeness (QED) is 0.161. The Morgan fingerprint density at radius 3 is 1.76 bits per heavy atom. The molecule has 0 bridgehead atoms. The van der Waals surface area contributed by atoms with Gasteiger partial charge in [0.15, 0.2) is 0 Å². The molecule has 12 rings (SSSR count). The maximum absolute atomic E-state index is 2.80. The fourth-order valence-corrected chi connectivity index (χ4v) is 11.4. The molecular formula is C63H58BN3. The van der Waals surface area contributed by atoms with Crippen LogP contribution in [0, 0.1) is 6.92 Å². The zero-order valence-corrected chi connectivity index (χ0v) is 40.6. The molecule has 67 heavy (non-hydrogen) atoms. The Labute approximate surface area is 396 Å². The summed E-state index contributed by atoms with van der Waals surface area (Å²) in [4.78, 5) is 2.60. The largest absolute Gasteiger partial charge is 0.375 e. The van der Waals surface area contributed by atoms with Gasteiger partial charge in [-0.2, -0.15) is 0 Å². The average Bonchev–Trinajstić information content (AvgIpc) is 3.82. The number of para-hydroxylation sites is 2. The molecular weight excluding hydrogens is 810 g/mol. The molecule has 2 aromatic heterocycles. The van der Waals surface area contributed by atoms with Crippen LogP contribution in [0.25, 0.3) is 71.9 Å². The Morgan fingerprint density at radius 1 is 0.448 bits per heavy atom. The molecule has 0 fully saturated rings. The van der Waals surface area contributed by atoms with Gasteiger partial charge in [0.2, 0.25) is 0 Å². The van der Waals surface area contributed by atoms with E-state index in [0.717, 1.165) is 5.69 Å². The molecule has 0 aliphatic carbocycles. The van der Waals surface area contributed by atoms with Crippen molar-refractivity contribution in [1.82, 2.24) is 9.05 Å². The summed E-state index contributed by atoms with van der Waals surface area (Å²) >= 11 is 0. The van der Waals surface area contributed by atoms with E-state index in [0.29, 0.717) is 0 Å². The molecule has 0 saturated carbocycles. The zero-order valence-electron chi connectivity index (χ0n) is 40.6. The van der Waals surface area contributed by atoms with Crippen molar-refractivity contribution in [2.75, 3.05) is 4.90 Å². The number of aryl methyl sites for hydroxylation is 1. The molecule has 0 spiro atoms. The first-order valence-electron chi connectivity index (χ1n) is 24.1. The number of rotatable bonds is 4. The molecule has 0 atom stereocenters. The number of nitrogens with zero attached hydrogens (tertiary/aromatic N) is 3. The van der Waals surface area contributed by atoms with E-state index in [1.807, 2.05) is 0 Å². The van der Waals surface area contributed by atoms with E-state index in [1.165, 1.54) is 116 Å². The molecule has 8 aromatic carbocycles. The van der Waals surface area contributed by atoms with Gasteiger partial charge >= 0.3 is 6.85 Å². The summed E-state index contributed by atoms with van der Waals surface area (Å²) in [5.41, 5.74) is 24.0. The Morgan fingerprint density at radius 2 is 1.07 bits per heavy atom. The Kier molecular flexibility index (Phi) is 8.95. The Balaban J connectivity index is 1.35. The van der Waals surface area contributed by atoms with Crippen molar-refractivity contribution in [2.45, 2.75) is 85.5 Å². The fraction of sp³-hybridized carbons (Fsp3) is 0.206. The van der Waals surface area contributed by atoms with Gasteiger partial charge in [-0.05, 0) is 122 Å². The second-order valence-corrected chi connectivity index (χ2v) is 22.3. The number of anilines is 3. The third kappa shape index (κ3) is 6.18. The van der Waals surface area contributed by atoms with E-state index in [4.69, 9.17) is 0 Å². The van der Waals surface area contributed by atoms with E-state index >= 15 is 0 Å². The highest BCUT2D eigenvalue weighted by Gasteiger charge is 2.46. The highest BCUT2D eigenvalue weighted by atomic mass is 15.2. The maximum atomic E-state index is 2.80. The zero-order chi connectivity index (χ0) is 46.3. The van der Waals surface area contributed by atoms with Gasteiger partial charge in [0.1, 0.15) is 0 Å². The summed E-state index contributed by atoms with van der Waals surface area (Å²) in [5, 5.41) is 3.83. The van der Waals surface area contributed by atoms with Crippen LogP contribution in [-0.4, -0.2) is 15.9 Å². The van der Waals surface area contributed by atoms with Crippen molar-refractivity contribution in [3.8, 4) is 39.2 Å². The lowest BCUT2D eigenvalue weighted by Crippen LogP contribution is -2.57. The van der Waals surface area contributed by atoms with Gasteiger partial charge in [0, 0.05) is 61.2 Å². The van der Waals surface area contributed by atoms with Gasteiger partial charge in [0.05, 0.1) is 11.0 Å². The SMILES string of the molecule is Cc1ccccc1-c1c(-c2ccccc2)n2c3c(c4c5ccccc5n(-c5ccccc5)c4cc13)-c1cc(C(C)(C)C)cc3c1B2c1cc(C(C)(C)C)ccc1N3c1ccc(C(C)(C)C)cc1. The smallest absolute Gasteiger partial charge is 0.333 e. The first-order chi connectivity index (χ1) is 32.1. The van der Waals surface area contributed by atoms with Crippen molar-refractivity contribution in [1.29, 1.82) is 0 Å². The highest BCUT2D eigenvalue weighted by molar-refractivity contribution is 6.90. The first kappa shape index (κ1) is 41.4. The topological polar surface area (TPSA) is 13.1 Å². The summed E-state index contributed by atoms with van der Waals surface area (Å²) in [5.74, 6) is 0. The van der Waals surface area contributed by atoms with Crippen molar-refractivity contribution < 1.29 is 0 Å². The lowest BCUT2D eigenvalue weighted by molar-refractivity contribution is 0.590. The standard InChI is InChI=1S/C63H58BN3/c1-39-21-17-18-26-46(39)55-49-38-53-56(47-27-19-20-28-51(47)65(53)44-24-15-12-16-25-44)57-48-35-43(63(8,9)10)37-54-58(48)64(67(60(49)57)59(55)40-22-13-11-14-23-40)50-36-42(62(5,6)7)31-34-52(50)66(54)45-32-29-41(30-33-45)61(2,3)4/h11-38H,1-10H3. The predicted molar refractivity (Wildman–Crippen MR) is 289 cm³/mol. The normalized spacial score (nSPS) is 13.5. The van der Waals surface area contributed by atoms with Crippen LogP contribution in [0.4, 0.5) is 17.1 Å². The number of hydrogen-bond acceptors (Lipinski definition) is 1. The van der Waals surface area contributed by atoms with Crippen LogP contribution in [-0.2, 0) is 16.2 Å². The van der Waals surface area contributed by atoms with Gasteiger partial charge in [0.25, 0.3) is 0 Å². The van der Waals surface area contributed by atoms with Crippen LogP contribution >= 0.6 is 0 Å². The lowest BCUT2D eigenvalue weighted by Gasteiger charge is -2.42. The maximum Gasteiger partial charge on any atom is 0.333 e. The molecule has 10 aromatic rings. The van der Waals surface area contributed by atoms with Crippen molar-refractivity contribution >= 4 is 67.5 Å². The predicted octanol–water partition coefficient (Wildman–Crippen LogP) is 15.7. The van der Waals surface area contributed by atoms with E-state index in [1.54, 1.807) is 0 Å². The van der Waals surface area contributed by atoms with Crippen molar-refractivity contribution in [2.24, 2.45) is 0 Å². The van der Waals surface area contributed by atoms with E-state index in [-0.39, 0.29) is 23.1 Å². The molecule has 4 heterocycles. The summed E-state index contributed by atoms with van der Waals surface area (Å²) in [7, 11) is 0. The number of hydrogen-bond donors (Lipinski definition) is 0. The molecule has 0 radical (unpaired) electrons. The summed E-state index contributed by atoms with van der Waals surface area (Å²) in [6.07, 6.45) is 0. The van der Waals surface area contributed by atoms with Crippen LogP contribution in [0.1, 0.15) is 84.6 Å². The van der Waals surface area contributed by atoms with Crippen molar-refractivity contribution in [3.63, 3.8) is 0 Å². The molecule has 0 saturated heterocycles. The second kappa shape index (κ2) is 14.5. The van der Waals surface area contributed by atoms with Crippen LogP contribution < -0.4 is 15.8 Å². The highest BCUT2D eigenvalue weighted by Crippen LogP contribution is 2.54. The lowest BCUT2D eigenvalue weighted by atomic mass is 9.44. The molecule has 0 unspecified atom stereocenters. The number of fused-ring (bicyclic) bond motifs is 8. The minimum Gasteiger partial charge on any atom is -0.375 e. The second-order valence-electron chi connectivity index (χ2n) is 22.3. The summed E-state index contributed by atoms with van der Waals surface area (Å²) < 4.78 is 5.31. The molecule has 328 valence electrons. The summed E-state index contributed by atoms with van der Waals surface area (Å²) in [6, 6.07) is 64.8. The van der Waals surface area contributed by atoms with E-state index in [9.17, 15) is 0 Å². The van der Waals surface area contributed by atoms with Gasteiger partial charge in [-0.1, -0.05) is 184 Å². The molecule has 2 aliphatic heterocycles. The molecule has 0 amide bonds. The molecule has 0 N–H and O–H groups in total. The summed E-state index contributed by atoms with van der Waals surface area (Å²) in [6.45, 7) is 23.3. The fourth-order valence-electron chi connectivity index (χ4n) is 11.4. The van der Waals surface area contributed by atoms with Crippen LogP contribution in [0.5, 0.6) is 0 Å². The molecule has 4 heteroatoms. The Hall–Kier alpha value is -7.04. The number of benzene rings is 8. The van der Waals surface area contributed by atoms with Crippen molar-refractivity contribution in [3.05, 3.63) is 192 Å².